The molecule has 0 aliphatic heterocycles. The Morgan fingerprint density at radius 1 is 0.449 bits per heavy atom. The molecule has 0 radical (unpaired) electrons. The van der Waals surface area contributed by atoms with Gasteiger partial charge in [0.2, 0.25) is 0 Å². The maximum Gasteiger partial charge on any atom is 0.159 e. The smallest absolute Gasteiger partial charge is 0.159 e. The number of thiol groups is 1. The molecule has 244 valence electrons. The second-order valence-corrected chi connectivity index (χ2v) is 15.2. The van der Waals surface area contributed by atoms with Crippen LogP contribution in [0.2, 0.25) is 0 Å². The molecule has 0 amide bonds. The molecule has 0 saturated heterocycles. The van der Waals surface area contributed by atoms with Gasteiger partial charge in [-0.25, -0.2) is 0 Å². The zero-order valence-electron chi connectivity index (χ0n) is 27.6. The minimum Gasteiger partial charge on any atom is -0.457 e. The lowest BCUT2D eigenvalue weighted by Gasteiger charge is -2.24. The third kappa shape index (κ3) is 8.65. The molecule has 6 heteroatoms. The number of ether oxygens (including phenoxy) is 1. The van der Waals surface area contributed by atoms with Gasteiger partial charge in [0.05, 0.1) is 0 Å². The highest BCUT2D eigenvalue weighted by Gasteiger charge is 2.15. The Hall–Kier alpha value is -5.17. The first-order valence-electron chi connectivity index (χ1n) is 16.0. The molecular weight excluding hydrogens is 645 g/mol. The molecular formula is C43H36O4S2. The molecule has 1 unspecified atom stereocenters. The molecule has 0 aliphatic carbocycles. The van der Waals surface area contributed by atoms with Crippen molar-refractivity contribution in [2.75, 3.05) is 0 Å². The Labute approximate surface area is 294 Å². The summed E-state index contributed by atoms with van der Waals surface area (Å²) in [7, 11) is -0.873. The summed E-state index contributed by atoms with van der Waals surface area (Å²) in [4.78, 5) is 40.9. The fourth-order valence-electron chi connectivity index (χ4n) is 5.42. The summed E-state index contributed by atoms with van der Waals surface area (Å²) >= 11 is 1.67. The van der Waals surface area contributed by atoms with Gasteiger partial charge in [-0.3, -0.25) is 14.4 Å². The van der Waals surface area contributed by atoms with Crippen LogP contribution in [0.3, 0.4) is 0 Å². The van der Waals surface area contributed by atoms with E-state index in [0.29, 0.717) is 16.9 Å². The monoisotopic (exact) mass is 680 g/mol. The molecule has 6 rings (SSSR count). The van der Waals surface area contributed by atoms with E-state index in [9.17, 15) is 14.4 Å². The van der Waals surface area contributed by atoms with E-state index in [0.717, 1.165) is 33.1 Å². The van der Waals surface area contributed by atoms with Crippen LogP contribution in [-0.4, -0.2) is 17.3 Å². The Kier molecular flexibility index (Phi) is 10.6. The molecule has 49 heavy (non-hydrogen) atoms. The van der Waals surface area contributed by atoms with E-state index in [2.05, 4.69) is 60.7 Å². The maximum absolute atomic E-state index is 11.7. The normalized spacial score (nSPS) is 11.9. The van der Waals surface area contributed by atoms with Crippen molar-refractivity contribution in [3.8, 4) is 11.5 Å². The van der Waals surface area contributed by atoms with Gasteiger partial charge in [0.1, 0.15) is 11.5 Å². The molecule has 0 saturated carbocycles. The highest BCUT2D eigenvalue weighted by atomic mass is 32.2. The van der Waals surface area contributed by atoms with E-state index in [1.54, 1.807) is 44.7 Å². The number of carbonyl (C=O) groups is 3. The number of rotatable bonds is 12. The fraction of sp³-hybridized carbons (Fsp3) is 0.0930. The van der Waals surface area contributed by atoms with E-state index in [1.165, 1.54) is 20.2 Å². The van der Waals surface area contributed by atoms with Gasteiger partial charge >= 0.3 is 0 Å². The zero-order valence-corrected chi connectivity index (χ0v) is 29.3. The highest BCUT2D eigenvalue weighted by Crippen LogP contribution is 2.52. The second kappa shape index (κ2) is 15.4. The molecule has 6 aromatic rings. The van der Waals surface area contributed by atoms with Crippen LogP contribution in [0.1, 0.15) is 63.0 Å². The molecule has 0 aliphatic rings. The summed E-state index contributed by atoms with van der Waals surface area (Å²) < 4.78 is 6.10. The lowest BCUT2D eigenvalue weighted by atomic mass is 10.0. The average molecular weight is 681 g/mol. The first kappa shape index (κ1) is 33.7. The van der Waals surface area contributed by atoms with Gasteiger partial charge in [-0.1, -0.05) is 60.3 Å². The topological polar surface area (TPSA) is 60.4 Å². The summed E-state index contributed by atoms with van der Waals surface area (Å²) in [5, 5.41) is 0. The first-order valence-corrected chi connectivity index (χ1v) is 18.1. The maximum atomic E-state index is 11.7. The third-order valence-electron chi connectivity index (χ3n) is 8.15. The van der Waals surface area contributed by atoms with Gasteiger partial charge in [0.25, 0.3) is 0 Å². The molecule has 1 atom stereocenters. The van der Waals surface area contributed by atoms with Crippen LogP contribution in [0.5, 0.6) is 11.5 Å². The van der Waals surface area contributed by atoms with Crippen molar-refractivity contribution in [1.82, 2.24) is 0 Å². The lowest BCUT2D eigenvalue weighted by Crippen LogP contribution is -1.94. The Morgan fingerprint density at radius 2 is 0.755 bits per heavy atom. The van der Waals surface area contributed by atoms with Crippen LogP contribution in [0, 0.1) is 0 Å². The van der Waals surface area contributed by atoms with Crippen molar-refractivity contribution >= 4 is 40.0 Å². The van der Waals surface area contributed by atoms with Gasteiger partial charge < -0.3 is 4.74 Å². The lowest BCUT2D eigenvalue weighted by molar-refractivity contribution is 0.100. The Balaban J connectivity index is 1.25. The van der Waals surface area contributed by atoms with Gasteiger partial charge in [-0.05, 0) is 150 Å². The molecule has 0 heterocycles. The minimum absolute atomic E-state index is 0.0237. The largest absolute Gasteiger partial charge is 0.457 e. The summed E-state index contributed by atoms with van der Waals surface area (Å²) in [5.41, 5.74) is 4.46. The molecule has 0 aromatic heterocycles. The number of Topliss-reactive ketones (excluding diaryl/α,β-unsaturated/α-hetero) is 3. The van der Waals surface area contributed by atoms with E-state index in [4.69, 9.17) is 4.74 Å². The van der Waals surface area contributed by atoms with Crippen molar-refractivity contribution in [3.05, 3.63) is 173 Å². The van der Waals surface area contributed by atoms with E-state index >= 15 is 0 Å². The van der Waals surface area contributed by atoms with Gasteiger partial charge in [0, 0.05) is 26.5 Å². The van der Waals surface area contributed by atoms with Crippen molar-refractivity contribution in [3.63, 3.8) is 0 Å². The van der Waals surface area contributed by atoms with Crippen LogP contribution in [0.15, 0.2) is 170 Å². The molecule has 4 nitrogen and oxygen atoms in total. The van der Waals surface area contributed by atoms with Crippen LogP contribution >= 0.6 is 22.7 Å². The van der Waals surface area contributed by atoms with Gasteiger partial charge in [0.15, 0.2) is 17.3 Å². The van der Waals surface area contributed by atoms with Crippen molar-refractivity contribution < 1.29 is 19.1 Å². The van der Waals surface area contributed by atoms with Gasteiger partial charge in [-0.15, -0.1) is 0 Å². The predicted octanol–water partition coefficient (Wildman–Crippen LogP) is 11.3. The summed E-state index contributed by atoms with van der Waals surface area (Å²) in [5.74, 6) is 1.56. The molecule has 0 spiro atoms. The standard InChI is InChI=1S/C43H36O4S2/c1-29(44)34-8-4-32(5-9-34)28-33-6-22-41(23-7-33)49(42-24-16-38(17-25-42)47-37-14-10-35(11-15-37)30(2)45)43-26-20-40(21-27-43)48-39-18-12-36(13-19-39)31(3)46/h4-27,49H,28H2,1-3H3. The molecule has 6 aromatic carbocycles. The fourth-order valence-corrected chi connectivity index (χ4v) is 8.47. The average Bonchev–Trinajstić information content (AvgIpc) is 3.11. The summed E-state index contributed by atoms with van der Waals surface area (Å²) in [6.07, 6.45) is 0.787. The Bertz CT molecular complexity index is 1820. The highest BCUT2D eigenvalue weighted by molar-refractivity contribution is 8.17. The van der Waals surface area contributed by atoms with Crippen molar-refractivity contribution in [2.45, 2.75) is 51.7 Å². The number of benzene rings is 6. The number of ketones is 3. The second-order valence-electron chi connectivity index (χ2n) is 11.8. The van der Waals surface area contributed by atoms with Crippen LogP contribution < -0.4 is 4.74 Å². The van der Waals surface area contributed by atoms with Crippen molar-refractivity contribution in [2.24, 2.45) is 0 Å². The zero-order chi connectivity index (χ0) is 34.3. The molecule has 0 fully saturated rings. The van der Waals surface area contributed by atoms with Crippen LogP contribution in [0.4, 0.5) is 0 Å². The minimum atomic E-state index is -0.873. The Morgan fingerprint density at radius 3 is 1.18 bits per heavy atom. The quantitative estimate of drug-likeness (QED) is 0.103. The predicted molar refractivity (Wildman–Crippen MR) is 199 cm³/mol. The first-order chi connectivity index (χ1) is 23.7. The van der Waals surface area contributed by atoms with E-state index in [-0.39, 0.29) is 17.3 Å². The molecule has 0 N–H and O–H groups in total. The van der Waals surface area contributed by atoms with Crippen LogP contribution in [0.25, 0.3) is 0 Å². The third-order valence-corrected chi connectivity index (χ3v) is 11.6. The number of carbonyl (C=O) groups excluding carboxylic acids is 3. The van der Waals surface area contributed by atoms with Crippen molar-refractivity contribution in [1.29, 1.82) is 0 Å². The van der Waals surface area contributed by atoms with E-state index in [1.807, 2.05) is 72.8 Å². The summed E-state index contributed by atoms with van der Waals surface area (Å²) in [6, 6.07) is 48.6. The SMILES string of the molecule is CC(=O)c1ccc(Cc2ccc([SH](c3ccc(Oc4ccc(C(C)=O)cc4)cc3)c3ccc(Sc4ccc(C(C)=O)cc4)cc3)cc2)cc1. The van der Waals surface area contributed by atoms with Gasteiger partial charge in [-0.2, -0.15) is 10.9 Å². The number of hydrogen-bond acceptors (Lipinski definition) is 5. The molecule has 0 bridgehead atoms. The van der Waals surface area contributed by atoms with Crippen LogP contribution in [-0.2, 0) is 6.42 Å². The number of hydrogen-bond donors (Lipinski definition) is 1. The van der Waals surface area contributed by atoms with E-state index < -0.39 is 10.9 Å². The summed E-state index contributed by atoms with van der Waals surface area (Å²) in [6.45, 7) is 4.72.